The van der Waals surface area contributed by atoms with Gasteiger partial charge in [-0.2, -0.15) is 18.3 Å². The van der Waals surface area contributed by atoms with Crippen LogP contribution in [0.1, 0.15) is 61.9 Å². The number of likely N-dealkylation sites (tertiary alicyclic amines) is 2. The molecule has 7 rings (SSSR count). The Balaban J connectivity index is 0.876. The van der Waals surface area contributed by atoms with Crippen molar-refractivity contribution in [3.8, 4) is 5.75 Å². The summed E-state index contributed by atoms with van der Waals surface area (Å²) in [7, 11) is 0. The van der Waals surface area contributed by atoms with Gasteiger partial charge in [-0.15, -0.1) is 0 Å². The fourth-order valence-electron chi connectivity index (χ4n) is 6.96. The van der Waals surface area contributed by atoms with Crippen LogP contribution in [0.25, 0.3) is 0 Å². The van der Waals surface area contributed by atoms with E-state index in [1.165, 1.54) is 18.9 Å². The third-order valence-corrected chi connectivity index (χ3v) is 9.03. The zero-order chi connectivity index (χ0) is 25.5. The molecule has 198 valence electrons. The van der Waals surface area contributed by atoms with E-state index in [-0.39, 0.29) is 23.3 Å². The van der Waals surface area contributed by atoms with Crippen molar-refractivity contribution in [2.75, 3.05) is 26.2 Å². The minimum Gasteiger partial charge on any atom is -0.490 e. The van der Waals surface area contributed by atoms with Gasteiger partial charge in [-0.3, -0.25) is 0 Å². The first-order valence-electron chi connectivity index (χ1n) is 13.1. The first-order chi connectivity index (χ1) is 17.7. The molecule has 0 N–H and O–H groups in total. The number of nitrogens with zero attached hydrogens (tertiary/aromatic N) is 5. The van der Waals surface area contributed by atoms with Gasteiger partial charge in [0.1, 0.15) is 17.9 Å². The Morgan fingerprint density at radius 1 is 1.05 bits per heavy atom. The summed E-state index contributed by atoms with van der Waals surface area (Å²) in [5.41, 5.74) is -1.07. The van der Waals surface area contributed by atoms with E-state index >= 15 is 0 Å². The molecule has 11 heteroatoms. The van der Waals surface area contributed by atoms with Gasteiger partial charge in [-0.1, -0.05) is 0 Å². The molecule has 0 bridgehead atoms. The highest BCUT2D eigenvalue weighted by atomic mass is 19.4. The first kappa shape index (κ1) is 23.3. The van der Waals surface area contributed by atoms with Crippen molar-refractivity contribution in [3.05, 3.63) is 41.7 Å². The molecule has 2 saturated heterocycles. The lowest BCUT2D eigenvalue weighted by molar-refractivity contribution is -0.140. The van der Waals surface area contributed by atoms with Crippen molar-refractivity contribution in [1.82, 2.24) is 24.6 Å². The molecule has 0 radical (unpaired) electrons. The Bertz CT molecular complexity index is 1200. The second-order valence-corrected chi connectivity index (χ2v) is 11.8. The number of alkyl halides is 3. The SMILES string of the molecule is O=C(N1C[C@H]2CC(Oc3ccc(C(F)(F)F)c(F)c3)C[C@H]2C1)N1CC2(CC(n3cnc(C4CC4)n3)C2)C1. The second kappa shape index (κ2) is 8.07. The summed E-state index contributed by atoms with van der Waals surface area (Å²) in [6.07, 6.45) is 2.85. The lowest BCUT2D eigenvalue weighted by Crippen LogP contribution is -2.65. The van der Waals surface area contributed by atoms with Gasteiger partial charge >= 0.3 is 12.2 Å². The number of benzene rings is 1. The van der Waals surface area contributed by atoms with Crippen LogP contribution in [0.3, 0.4) is 0 Å². The van der Waals surface area contributed by atoms with E-state index in [2.05, 4.69) is 10.1 Å². The summed E-state index contributed by atoms with van der Waals surface area (Å²) in [6.45, 7) is 2.92. The van der Waals surface area contributed by atoms with Gasteiger partial charge in [0.2, 0.25) is 0 Å². The van der Waals surface area contributed by atoms with Gasteiger partial charge in [0.25, 0.3) is 0 Å². The maximum atomic E-state index is 13.9. The lowest BCUT2D eigenvalue weighted by Gasteiger charge is -2.59. The number of ether oxygens (including phenoxy) is 1. The van der Waals surface area contributed by atoms with Gasteiger partial charge in [0.05, 0.1) is 17.7 Å². The molecule has 5 fully saturated rings. The van der Waals surface area contributed by atoms with Crippen LogP contribution in [0, 0.1) is 23.1 Å². The highest BCUT2D eigenvalue weighted by molar-refractivity contribution is 5.76. The van der Waals surface area contributed by atoms with Crippen LogP contribution in [0.5, 0.6) is 5.75 Å². The Morgan fingerprint density at radius 3 is 2.38 bits per heavy atom. The monoisotopic (exact) mass is 519 g/mol. The minimum absolute atomic E-state index is 0.0996. The van der Waals surface area contributed by atoms with Crippen LogP contribution >= 0.6 is 0 Å². The van der Waals surface area contributed by atoms with E-state index in [1.807, 2.05) is 20.8 Å². The molecular formula is C26H29F4N5O2. The second-order valence-electron chi connectivity index (χ2n) is 11.8. The quantitative estimate of drug-likeness (QED) is 0.542. The molecule has 5 aliphatic rings. The number of carbonyl (C=O) groups excluding carboxylic acids is 1. The van der Waals surface area contributed by atoms with Crippen molar-refractivity contribution in [3.63, 3.8) is 0 Å². The molecule has 2 aromatic rings. The van der Waals surface area contributed by atoms with E-state index in [0.717, 1.165) is 43.9 Å². The van der Waals surface area contributed by atoms with Gasteiger partial charge in [0, 0.05) is 43.6 Å². The summed E-state index contributed by atoms with van der Waals surface area (Å²) in [4.78, 5) is 21.4. The average molecular weight is 520 g/mol. The summed E-state index contributed by atoms with van der Waals surface area (Å²) in [5, 5.41) is 4.66. The Morgan fingerprint density at radius 2 is 1.76 bits per heavy atom. The topological polar surface area (TPSA) is 63.5 Å². The van der Waals surface area contributed by atoms with E-state index in [4.69, 9.17) is 4.74 Å². The average Bonchev–Trinajstić information content (AvgIpc) is 3.19. The molecule has 1 aromatic heterocycles. The number of aromatic nitrogens is 3. The molecule has 3 saturated carbocycles. The lowest BCUT2D eigenvalue weighted by atomic mass is 9.61. The maximum Gasteiger partial charge on any atom is 0.419 e. The summed E-state index contributed by atoms with van der Waals surface area (Å²) >= 11 is 0. The van der Waals surface area contributed by atoms with Crippen LogP contribution in [0.15, 0.2) is 24.5 Å². The molecule has 7 nitrogen and oxygen atoms in total. The number of amides is 2. The van der Waals surface area contributed by atoms with Gasteiger partial charge in [-0.05, 0) is 62.5 Å². The number of halogens is 4. The molecule has 2 amide bonds. The highest BCUT2D eigenvalue weighted by Gasteiger charge is 2.56. The van der Waals surface area contributed by atoms with Gasteiger partial charge in [-0.25, -0.2) is 18.9 Å². The summed E-state index contributed by atoms with van der Waals surface area (Å²) in [6, 6.07) is 3.20. The predicted molar refractivity (Wildman–Crippen MR) is 123 cm³/mol. The van der Waals surface area contributed by atoms with Crippen molar-refractivity contribution in [2.45, 2.75) is 62.8 Å². The van der Waals surface area contributed by atoms with Crippen molar-refractivity contribution >= 4 is 6.03 Å². The minimum atomic E-state index is -4.73. The number of hydrogen-bond acceptors (Lipinski definition) is 4. The highest BCUT2D eigenvalue weighted by Crippen LogP contribution is 2.54. The smallest absolute Gasteiger partial charge is 0.419 e. The maximum absolute atomic E-state index is 13.9. The van der Waals surface area contributed by atoms with Crippen LogP contribution in [-0.2, 0) is 6.18 Å². The molecule has 1 unspecified atom stereocenters. The van der Waals surface area contributed by atoms with Crippen LogP contribution < -0.4 is 4.74 Å². The normalized spacial score (nSPS) is 28.8. The van der Waals surface area contributed by atoms with E-state index in [1.54, 1.807) is 0 Å². The zero-order valence-corrected chi connectivity index (χ0v) is 20.3. The Hall–Kier alpha value is -2.85. The van der Waals surface area contributed by atoms with Crippen LogP contribution in [-0.4, -0.2) is 62.9 Å². The van der Waals surface area contributed by atoms with Gasteiger partial charge < -0.3 is 14.5 Å². The van der Waals surface area contributed by atoms with Gasteiger partial charge in [0.15, 0.2) is 5.82 Å². The van der Waals surface area contributed by atoms with Crippen molar-refractivity contribution in [2.24, 2.45) is 17.3 Å². The molecule has 1 aromatic carbocycles. The molecule has 37 heavy (non-hydrogen) atoms. The molecular weight excluding hydrogens is 490 g/mol. The Labute approximate surface area is 211 Å². The fraction of sp³-hybridized carbons (Fsp3) is 0.654. The molecule has 3 heterocycles. The number of urea groups is 1. The van der Waals surface area contributed by atoms with Crippen LogP contribution in [0.2, 0.25) is 0 Å². The van der Waals surface area contributed by atoms with Crippen molar-refractivity contribution < 1.29 is 27.1 Å². The molecule has 3 aliphatic carbocycles. The number of carbonyl (C=O) groups is 1. The molecule has 1 spiro atoms. The summed E-state index contributed by atoms with van der Waals surface area (Å²) in [5.74, 6) is 0.915. The molecule has 2 aliphatic heterocycles. The largest absolute Gasteiger partial charge is 0.490 e. The zero-order valence-electron chi connectivity index (χ0n) is 20.3. The third-order valence-electron chi connectivity index (χ3n) is 9.03. The van der Waals surface area contributed by atoms with E-state index in [9.17, 15) is 22.4 Å². The first-order valence-corrected chi connectivity index (χ1v) is 13.1. The van der Waals surface area contributed by atoms with Crippen molar-refractivity contribution in [1.29, 1.82) is 0 Å². The number of fused-ring (bicyclic) bond motifs is 1. The fourth-order valence-corrected chi connectivity index (χ4v) is 6.96. The predicted octanol–water partition coefficient (Wildman–Crippen LogP) is 4.86. The van der Waals surface area contributed by atoms with E-state index < -0.39 is 17.6 Å². The summed E-state index contributed by atoms with van der Waals surface area (Å²) < 4.78 is 60.1. The standard InChI is InChI=1S/C26H29F4N5O2/c27-22-7-19(3-4-21(22)26(28,29)30)37-20-5-16-10-33(11-17(16)6-20)24(36)34-12-25(13-34)8-18(9-25)35-14-31-23(32-35)15-1-2-15/h3-4,7,14-18,20H,1-2,5-6,8-13H2/t16-,17+,20?. The third kappa shape index (κ3) is 4.14. The molecule has 3 atom stereocenters. The number of hydrogen-bond donors (Lipinski definition) is 0. The number of rotatable bonds is 4. The van der Waals surface area contributed by atoms with Crippen LogP contribution in [0.4, 0.5) is 22.4 Å². The van der Waals surface area contributed by atoms with E-state index in [0.29, 0.717) is 49.7 Å². The Kier molecular flexibility index (Phi) is 5.08.